The molecule has 1 aromatic carbocycles. The van der Waals surface area contributed by atoms with Crippen molar-refractivity contribution in [1.82, 2.24) is 0 Å². The summed E-state index contributed by atoms with van der Waals surface area (Å²) in [4.78, 5) is 0. The monoisotopic (exact) mass is 262 g/mol. The van der Waals surface area contributed by atoms with Crippen molar-refractivity contribution in [1.29, 1.82) is 5.26 Å². The number of methoxy groups -OCH3 is 1. The number of hydrogen-bond acceptors (Lipinski definition) is 4. The van der Waals surface area contributed by atoms with E-state index in [1.165, 1.54) is 0 Å². The fourth-order valence-corrected chi connectivity index (χ4v) is 1.82. The van der Waals surface area contributed by atoms with Gasteiger partial charge in [-0.1, -0.05) is 6.07 Å². The lowest BCUT2D eigenvalue weighted by Gasteiger charge is -2.13. The van der Waals surface area contributed by atoms with E-state index in [9.17, 15) is 0 Å². The fourth-order valence-electron chi connectivity index (χ4n) is 1.82. The Hall–Kier alpha value is -1.73. The molecule has 0 aliphatic heterocycles. The predicted octanol–water partition coefficient (Wildman–Crippen LogP) is 2.66. The molecule has 0 bridgehead atoms. The highest BCUT2D eigenvalue weighted by Crippen LogP contribution is 2.28. The van der Waals surface area contributed by atoms with Gasteiger partial charge in [0.2, 0.25) is 0 Å². The van der Waals surface area contributed by atoms with Gasteiger partial charge in [-0.15, -0.1) is 0 Å². The first-order valence-electron chi connectivity index (χ1n) is 6.59. The van der Waals surface area contributed by atoms with Crippen molar-refractivity contribution in [3.8, 4) is 17.6 Å². The molecule has 19 heavy (non-hydrogen) atoms. The molecule has 1 atom stereocenters. The van der Waals surface area contributed by atoms with Crippen LogP contribution in [0.2, 0.25) is 0 Å². The van der Waals surface area contributed by atoms with Crippen LogP contribution in [0, 0.1) is 11.3 Å². The molecule has 0 spiro atoms. The number of unbranched alkanes of at least 4 members (excludes halogenated alkanes) is 2. The van der Waals surface area contributed by atoms with Crippen molar-refractivity contribution >= 4 is 0 Å². The number of nitriles is 1. The molecular weight excluding hydrogens is 240 g/mol. The van der Waals surface area contributed by atoms with E-state index in [0.717, 1.165) is 36.3 Å². The highest BCUT2D eigenvalue weighted by atomic mass is 16.5. The Labute approximate surface area is 115 Å². The average molecular weight is 262 g/mol. The highest BCUT2D eigenvalue weighted by Gasteiger charge is 2.07. The minimum Gasteiger partial charge on any atom is -0.493 e. The third-order valence-electron chi connectivity index (χ3n) is 2.73. The first kappa shape index (κ1) is 15.3. The maximum Gasteiger partial charge on any atom is 0.161 e. The zero-order valence-corrected chi connectivity index (χ0v) is 11.7. The molecule has 2 N–H and O–H groups in total. The van der Waals surface area contributed by atoms with Crippen LogP contribution in [0.4, 0.5) is 0 Å². The summed E-state index contributed by atoms with van der Waals surface area (Å²) in [6, 6.07) is 8.14. The minimum atomic E-state index is 0.122. The zero-order valence-electron chi connectivity index (χ0n) is 11.7. The third kappa shape index (κ3) is 5.62. The molecule has 1 unspecified atom stereocenters. The van der Waals surface area contributed by atoms with E-state index in [1.807, 2.05) is 25.1 Å². The maximum absolute atomic E-state index is 8.46. The van der Waals surface area contributed by atoms with E-state index in [0.29, 0.717) is 13.0 Å². The minimum absolute atomic E-state index is 0.122. The molecule has 1 rings (SSSR count). The number of nitrogens with zero attached hydrogens (tertiary/aromatic N) is 1. The molecule has 0 saturated heterocycles. The smallest absolute Gasteiger partial charge is 0.161 e. The van der Waals surface area contributed by atoms with Gasteiger partial charge in [0.25, 0.3) is 0 Å². The summed E-state index contributed by atoms with van der Waals surface area (Å²) in [5, 5.41) is 8.46. The SMILES string of the molecule is COc1ccc(CC(C)N)cc1OCCCCC#N. The van der Waals surface area contributed by atoms with Gasteiger partial charge in [-0.05, 0) is 43.9 Å². The van der Waals surface area contributed by atoms with Gasteiger partial charge in [-0.25, -0.2) is 0 Å². The summed E-state index contributed by atoms with van der Waals surface area (Å²) >= 11 is 0. The van der Waals surface area contributed by atoms with Crippen molar-refractivity contribution in [2.24, 2.45) is 5.73 Å². The quantitative estimate of drug-likeness (QED) is 0.731. The van der Waals surface area contributed by atoms with Crippen LogP contribution in [0.25, 0.3) is 0 Å². The molecule has 4 nitrogen and oxygen atoms in total. The van der Waals surface area contributed by atoms with Crippen LogP contribution in [-0.4, -0.2) is 19.8 Å². The van der Waals surface area contributed by atoms with Crippen molar-refractivity contribution in [2.45, 2.75) is 38.6 Å². The lowest BCUT2D eigenvalue weighted by Crippen LogP contribution is -2.17. The van der Waals surface area contributed by atoms with Gasteiger partial charge in [-0.3, -0.25) is 0 Å². The second-order valence-corrected chi connectivity index (χ2v) is 4.63. The zero-order chi connectivity index (χ0) is 14.1. The predicted molar refractivity (Wildman–Crippen MR) is 75.3 cm³/mol. The summed E-state index contributed by atoms with van der Waals surface area (Å²) in [5.41, 5.74) is 6.94. The Kier molecular flexibility index (Phi) is 6.76. The van der Waals surface area contributed by atoms with Gasteiger partial charge in [0.1, 0.15) is 0 Å². The molecule has 0 aliphatic carbocycles. The molecule has 1 aromatic rings. The molecule has 0 aromatic heterocycles. The Bertz CT molecular complexity index is 425. The average Bonchev–Trinajstić information content (AvgIpc) is 2.38. The maximum atomic E-state index is 8.46. The number of rotatable bonds is 8. The van der Waals surface area contributed by atoms with E-state index in [1.54, 1.807) is 7.11 Å². The molecule has 0 fully saturated rings. The van der Waals surface area contributed by atoms with Gasteiger partial charge in [0.05, 0.1) is 19.8 Å². The van der Waals surface area contributed by atoms with Crippen molar-refractivity contribution < 1.29 is 9.47 Å². The summed E-state index contributed by atoms with van der Waals surface area (Å²) < 4.78 is 11.0. The summed E-state index contributed by atoms with van der Waals surface area (Å²) in [7, 11) is 1.63. The van der Waals surface area contributed by atoms with Crippen LogP contribution < -0.4 is 15.2 Å². The van der Waals surface area contributed by atoms with Crippen LogP contribution in [0.5, 0.6) is 11.5 Å². The topological polar surface area (TPSA) is 68.3 Å². The Morgan fingerprint density at radius 2 is 2.11 bits per heavy atom. The normalized spacial score (nSPS) is 11.7. The van der Waals surface area contributed by atoms with Gasteiger partial charge >= 0.3 is 0 Å². The van der Waals surface area contributed by atoms with Gasteiger partial charge < -0.3 is 15.2 Å². The summed E-state index contributed by atoms with van der Waals surface area (Å²) in [6.45, 7) is 2.58. The number of hydrogen-bond donors (Lipinski definition) is 1. The second kappa shape index (κ2) is 8.39. The van der Waals surface area contributed by atoms with Gasteiger partial charge in [-0.2, -0.15) is 5.26 Å². The Morgan fingerprint density at radius 1 is 1.32 bits per heavy atom. The molecule has 4 heteroatoms. The van der Waals surface area contributed by atoms with Gasteiger partial charge in [0, 0.05) is 12.5 Å². The molecule has 0 saturated carbocycles. The summed E-state index contributed by atoms with van der Waals surface area (Å²) in [5.74, 6) is 1.48. The van der Waals surface area contributed by atoms with E-state index in [4.69, 9.17) is 20.5 Å². The van der Waals surface area contributed by atoms with Crippen LogP contribution >= 0.6 is 0 Å². The third-order valence-corrected chi connectivity index (χ3v) is 2.73. The van der Waals surface area contributed by atoms with Gasteiger partial charge in [0.15, 0.2) is 11.5 Å². The first-order valence-corrected chi connectivity index (χ1v) is 6.59. The summed E-state index contributed by atoms with van der Waals surface area (Å²) in [6.07, 6.45) is 3.12. The van der Waals surface area contributed by atoms with E-state index in [-0.39, 0.29) is 6.04 Å². The number of nitrogens with two attached hydrogens (primary N) is 1. The lowest BCUT2D eigenvalue weighted by atomic mass is 10.1. The largest absolute Gasteiger partial charge is 0.493 e. The van der Waals surface area contributed by atoms with Crippen LogP contribution in [0.3, 0.4) is 0 Å². The van der Waals surface area contributed by atoms with E-state index >= 15 is 0 Å². The number of benzene rings is 1. The second-order valence-electron chi connectivity index (χ2n) is 4.63. The van der Waals surface area contributed by atoms with Crippen LogP contribution in [0.15, 0.2) is 18.2 Å². The molecule has 0 radical (unpaired) electrons. The lowest BCUT2D eigenvalue weighted by molar-refractivity contribution is 0.286. The van der Waals surface area contributed by atoms with E-state index in [2.05, 4.69) is 6.07 Å². The van der Waals surface area contributed by atoms with Crippen molar-refractivity contribution in [3.63, 3.8) is 0 Å². The standard InChI is InChI=1S/C15H22N2O2/c1-12(17)10-13-6-7-14(18-2)15(11-13)19-9-5-3-4-8-16/h6-7,11-12H,3-5,9-10,17H2,1-2H3. The Morgan fingerprint density at radius 3 is 2.74 bits per heavy atom. The first-order chi connectivity index (χ1) is 9.17. The molecule has 0 heterocycles. The molecule has 0 aliphatic rings. The van der Waals surface area contributed by atoms with Crippen LogP contribution in [-0.2, 0) is 6.42 Å². The van der Waals surface area contributed by atoms with Crippen LogP contribution in [0.1, 0.15) is 31.7 Å². The van der Waals surface area contributed by atoms with Crippen molar-refractivity contribution in [3.05, 3.63) is 23.8 Å². The molecule has 104 valence electrons. The van der Waals surface area contributed by atoms with Crippen molar-refractivity contribution in [2.75, 3.05) is 13.7 Å². The number of ether oxygens (including phenoxy) is 2. The van der Waals surface area contributed by atoms with E-state index < -0.39 is 0 Å². The highest BCUT2D eigenvalue weighted by molar-refractivity contribution is 5.43. The Balaban J connectivity index is 2.60. The molecular formula is C15H22N2O2. The molecule has 0 amide bonds. The fraction of sp³-hybridized carbons (Fsp3) is 0.533.